The van der Waals surface area contributed by atoms with E-state index in [1.54, 1.807) is 20.4 Å². The predicted molar refractivity (Wildman–Crippen MR) is 107 cm³/mol. The van der Waals surface area contributed by atoms with Crippen LogP contribution in [0.3, 0.4) is 0 Å². The summed E-state index contributed by atoms with van der Waals surface area (Å²) < 4.78 is 10.8. The first-order valence-corrected chi connectivity index (χ1v) is 8.95. The molecule has 3 rings (SSSR count). The lowest BCUT2D eigenvalue weighted by molar-refractivity contribution is 0.398. The third-order valence-corrected chi connectivity index (χ3v) is 4.62. The number of rotatable bonds is 7. The Morgan fingerprint density at radius 3 is 2.44 bits per heavy atom. The summed E-state index contributed by atoms with van der Waals surface area (Å²) in [5.74, 6) is 1.44. The molecule has 1 aromatic carbocycles. The van der Waals surface area contributed by atoms with E-state index in [0.717, 1.165) is 29.2 Å². The maximum absolute atomic E-state index is 5.53. The summed E-state index contributed by atoms with van der Waals surface area (Å²) in [7, 11) is 5.21. The second-order valence-electron chi connectivity index (χ2n) is 6.37. The lowest BCUT2D eigenvalue weighted by atomic mass is 9.95. The molecule has 0 fully saturated rings. The molecule has 0 radical (unpaired) electrons. The molecule has 0 saturated heterocycles. The molecule has 3 aromatic rings. The second-order valence-corrected chi connectivity index (χ2v) is 6.37. The number of ether oxygens (including phenoxy) is 2. The summed E-state index contributed by atoms with van der Waals surface area (Å²) >= 11 is 0. The van der Waals surface area contributed by atoms with Crippen LogP contribution in [0.15, 0.2) is 54.7 Å². The molecule has 5 nitrogen and oxygen atoms in total. The Kier molecular flexibility index (Phi) is 6.04. The van der Waals surface area contributed by atoms with Crippen LogP contribution in [0, 0.1) is 0 Å². The van der Waals surface area contributed by atoms with E-state index >= 15 is 0 Å². The monoisotopic (exact) mass is 363 g/mol. The predicted octanol–water partition coefficient (Wildman–Crippen LogP) is 4.03. The van der Waals surface area contributed by atoms with Crippen LogP contribution in [0.1, 0.15) is 29.7 Å². The van der Waals surface area contributed by atoms with Crippen molar-refractivity contribution in [3.05, 3.63) is 71.5 Å². The highest BCUT2D eigenvalue weighted by Crippen LogP contribution is 2.32. The van der Waals surface area contributed by atoms with Crippen LogP contribution >= 0.6 is 0 Å². The highest BCUT2D eigenvalue weighted by Gasteiger charge is 2.15. The fourth-order valence-corrected chi connectivity index (χ4v) is 3.04. The van der Waals surface area contributed by atoms with Crippen molar-refractivity contribution >= 4 is 0 Å². The first-order chi connectivity index (χ1) is 13.2. The van der Waals surface area contributed by atoms with Crippen LogP contribution < -0.4 is 14.8 Å². The van der Waals surface area contributed by atoms with Gasteiger partial charge in [-0.2, -0.15) is 0 Å². The number of pyridine rings is 2. The molecule has 1 unspecified atom stereocenters. The maximum Gasteiger partial charge on any atom is 0.213 e. The van der Waals surface area contributed by atoms with Crippen LogP contribution in [0.25, 0.3) is 11.3 Å². The highest BCUT2D eigenvalue weighted by molar-refractivity contribution is 5.67. The Labute approximate surface area is 160 Å². The van der Waals surface area contributed by atoms with Crippen molar-refractivity contribution in [3.8, 4) is 22.9 Å². The Bertz CT molecular complexity index is 894. The van der Waals surface area contributed by atoms with Crippen molar-refractivity contribution in [1.29, 1.82) is 0 Å². The van der Waals surface area contributed by atoms with Gasteiger partial charge in [-0.15, -0.1) is 0 Å². The number of hydrogen-bond donors (Lipinski definition) is 1. The van der Waals surface area contributed by atoms with E-state index in [2.05, 4.69) is 41.5 Å². The molecule has 27 heavy (non-hydrogen) atoms. The molecule has 1 atom stereocenters. The normalized spacial score (nSPS) is 11.9. The Hall–Kier alpha value is -2.92. The van der Waals surface area contributed by atoms with Crippen molar-refractivity contribution in [2.24, 2.45) is 0 Å². The third-order valence-electron chi connectivity index (χ3n) is 4.62. The second kappa shape index (κ2) is 8.64. The zero-order valence-corrected chi connectivity index (χ0v) is 16.2. The molecule has 2 heterocycles. The standard InChI is InChI=1S/C22H25N3O2/c1-15(17-7-5-16(6-8-17)14-23-2)19-9-10-20(26-3)22(25-19)18-11-12-24-21(13-18)27-4/h5-13,15,23H,14H2,1-4H3. The van der Waals surface area contributed by atoms with Crippen LogP contribution in [0.2, 0.25) is 0 Å². The van der Waals surface area contributed by atoms with Gasteiger partial charge in [-0.05, 0) is 36.4 Å². The lowest BCUT2D eigenvalue weighted by Crippen LogP contribution is -2.06. The van der Waals surface area contributed by atoms with Gasteiger partial charge >= 0.3 is 0 Å². The molecule has 1 N–H and O–H groups in total. The van der Waals surface area contributed by atoms with E-state index in [4.69, 9.17) is 14.5 Å². The van der Waals surface area contributed by atoms with Crippen molar-refractivity contribution in [3.63, 3.8) is 0 Å². The van der Waals surface area contributed by atoms with Gasteiger partial charge < -0.3 is 14.8 Å². The fourth-order valence-electron chi connectivity index (χ4n) is 3.04. The third kappa shape index (κ3) is 4.26. The van der Waals surface area contributed by atoms with Gasteiger partial charge in [0.05, 0.1) is 14.2 Å². The van der Waals surface area contributed by atoms with E-state index in [-0.39, 0.29) is 5.92 Å². The number of hydrogen-bond acceptors (Lipinski definition) is 5. The van der Waals surface area contributed by atoms with Crippen molar-refractivity contribution in [2.75, 3.05) is 21.3 Å². The van der Waals surface area contributed by atoms with E-state index in [0.29, 0.717) is 5.88 Å². The first-order valence-electron chi connectivity index (χ1n) is 8.95. The molecule has 0 bridgehead atoms. The van der Waals surface area contributed by atoms with Crippen LogP contribution in [0.4, 0.5) is 0 Å². The molecule has 140 valence electrons. The number of nitrogens with one attached hydrogen (secondary N) is 1. The first kappa shape index (κ1) is 18.9. The Morgan fingerprint density at radius 1 is 1.00 bits per heavy atom. The van der Waals surface area contributed by atoms with Gasteiger partial charge in [0.25, 0.3) is 0 Å². The highest BCUT2D eigenvalue weighted by atomic mass is 16.5. The smallest absolute Gasteiger partial charge is 0.213 e. The average molecular weight is 363 g/mol. The lowest BCUT2D eigenvalue weighted by Gasteiger charge is -2.16. The summed E-state index contributed by atoms with van der Waals surface area (Å²) in [5, 5.41) is 3.17. The molecular weight excluding hydrogens is 338 g/mol. The van der Waals surface area contributed by atoms with E-state index in [1.807, 2.05) is 31.3 Å². The summed E-state index contributed by atoms with van der Waals surface area (Å²) in [5.41, 5.74) is 5.18. The van der Waals surface area contributed by atoms with Gasteiger partial charge in [0.2, 0.25) is 5.88 Å². The minimum absolute atomic E-state index is 0.169. The Balaban J connectivity index is 1.96. The fraction of sp³-hybridized carbons (Fsp3) is 0.273. The molecular formula is C22H25N3O2. The van der Waals surface area contributed by atoms with Gasteiger partial charge in [-0.1, -0.05) is 31.2 Å². The van der Waals surface area contributed by atoms with E-state index in [1.165, 1.54) is 11.1 Å². The van der Waals surface area contributed by atoms with Crippen molar-refractivity contribution in [2.45, 2.75) is 19.4 Å². The number of methoxy groups -OCH3 is 2. The number of benzene rings is 1. The summed E-state index contributed by atoms with van der Waals surface area (Å²) in [4.78, 5) is 9.07. The summed E-state index contributed by atoms with van der Waals surface area (Å²) in [6, 6.07) is 16.4. The minimum atomic E-state index is 0.169. The van der Waals surface area contributed by atoms with Crippen LogP contribution in [-0.2, 0) is 6.54 Å². The molecule has 0 spiro atoms. The molecule has 2 aromatic heterocycles. The largest absolute Gasteiger partial charge is 0.494 e. The molecule has 0 aliphatic heterocycles. The zero-order chi connectivity index (χ0) is 19.2. The van der Waals surface area contributed by atoms with Crippen molar-refractivity contribution in [1.82, 2.24) is 15.3 Å². The van der Waals surface area contributed by atoms with Gasteiger partial charge in [-0.3, -0.25) is 0 Å². The number of aromatic nitrogens is 2. The van der Waals surface area contributed by atoms with Gasteiger partial charge in [0.15, 0.2) is 0 Å². The van der Waals surface area contributed by atoms with Crippen LogP contribution in [0.5, 0.6) is 11.6 Å². The average Bonchev–Trinajstić information content (AvgIpc) is 2.73. The SMILES string of the molecule is CNCc1ccc(C(C)c2ccc(OC)c(-c3ccnc(OC)c3)n2)cc1. The van der Waals surface area contributed by atoms with E-state index < -0.39 is 0 Å². The van der Waals surface area contributed by atoms with E-state index in [9.17, 15) is 0 Å². The maximum atomic E-state index is 5.53. The molecule has 5 heteroatoms. The molecule has 0 saturated carbocycles. The molecule has 0 amide bonds. The van der Waals surface area contributed by atoms with Crippen LogP contribution in [-0.4, -0.2) is 31.2 Å². The van der Waals surface area contributed by atoms with Gasteiger partial charge in [-0.25, -0.2) is 9.97 Å². The summed E-state index contributed by atoms with van der Waals surface area (Å²) in [6.45, 7) is 3.03. The number of nitrogens with zero attached hydrogens (tertiary/aromatic N) is 2. The van der Waals surface area contributed by atoms with Gasteiger partial charge in [0.1, 0.15) is 11.4 Å². The quantitative estimate of drug-likeness (QED) is 0.687. The summed E-state index contributed by atoms with van der Waals surface area (Å²) in [6.07, 6.45) is 1.71. The zero-order valence-electron chi connectivity index (χ0n) is 16.2. The molecule has 0 aliphatic rings. The van der Waals surface area contributed by atoms with Gasteiger partial charge in [0, 0.05) is 36.0 Å². The topological polar surface area (TPSA) is 56.3 Å². The Morgan fingerprint density at radius 2 is 1.78 bits per heavy atom. The van der Waals surface area contributed by atoms with Crippen molar-refractivity contribution < 1.29 is 9.47 Å². The minimum Gasteiger partial charge on any atom is -0.494 e. The molecule has 0 aliphatic carbocycles.